The smallest absolute Gasteiger partial charge is 0.163 e. The monoisotopic (exact) mass is 274 g/mol. The van der Waals surface area contributed by atoms with Crippen molar-refractivity contribution >= 4 is 27.5 Å². The summed E-state index contributed by atoms with van der Waals surface area (Å²) in [5.74, 6) is 1.36. The molecule has 1 aliphatic heterocycles. The van der Waals surface area contributed by atoms with Gasteiger partial charge in [0.2, 0.25) is 0 Å². The summed E-state index contributed by atoms with van der Waals surface area (Å²) in [6, 6.07) is 3.54. The average molecular weight is 276 g/mol. The maximum Gasteiger partial charge on any atom is 0.163 e. The second-order valence-electron chi connectivity index (χ2n) is 3.04. The van der Waals surface area contributed by atoms with Gasteiger partial charge in [-0.2, -0.15) is 0 Å². The molecule has 14 heavy (non-hydrogen) atoms. The third-order valence-electron chi connectivity index (χ3n) is 1.85. The van der Waals surface area contributed by atoms with Crippen molar-refractivity contribution in [1.29, 1.82) is 0 Å². The van der Waals surface area contributed by atoms with Crippen molar-refractivity contribution in [3.63, 3.8) is 0 Å². The van der Waals surface area contributed by atoms with E-state index in [0.717, 1.165) is 10.0 Å². The fraction of sp³-hybridized carbons (Fsp3) is 0.200. The van der Waals surface area contributed by atoms with Gasteiger partial charge in [-0.3, -0.25) is 0 Å². The van der Waals surface area contributed by atoms with Gasteiger partial charge in [-0.25, -0.2) is 0 Å². The van der Waals surface area contributed by atoms with Crippen LogP contribution in [0.3, 0.4) is 0 Å². The van der Waals surface area contributed by atoms with Crippen molar-refractivity contribution in [2.45, 2.75) is 0 Å². The minimum Gasteiger partial charge on any atom is -0.485 e. The number of ether oxygens (including phenoxy) is 2. The van der Waals surface area contributed by atoms with Gasteiger partial charge in [0.25, 0.3) is 0 Å². The molecule has 1 aromatic rings. The molecular formula is C10H8BrClO2. The minimum absolute atomic E-state index is 0.477. The number of halogens is 2. The standard InChI is InChI=1S/C10H8BrClO2/c1-6-4-13-9-2-7(11)8(12)3-10(9)14-5-6/h2-3H,1,4-5H2. The summed E-state index contributed by atoms with van der Waals surface area (Å²) in [6.45, 7) is 4.77. The van der Waals surface area contributed by atoms with Gasteiger partial charge in [-0.1, -0.05) is 18.2 Å². The van der Waals surface area contributed by atoms with Crippen LogP contribution in [0, 0.1) is 0 Å². The van der Waals surface area contributed by atoms with Crippen LogP contribution in [0.15, 0.2) is 28.8 Å². The molecule has 0 saturated carbocycles. The number of hydrogen-bond acceptors (Lipinski definition) is 2. The van der Waals surface area contributed by atoms with Gasteiger partial charge >= 0.3 is 0 Å². The molecule has 0 atom stereocenters. The summed E-state index contributed by atoms with van der Waals surface area (Å²) >= 11 is 9.26. The first-order chi connectivity index (χ1) is 6.66. The Morgan fingerprint density at radius 1 is 1.21 bits per heavy atom. The number of fused-ring (bicyclic) bond motifs is 1. The second-order valence-corrected chi connectivity index (χ2v) is 4.30. The molecule has 1 heterocycles. The van der Waals surface area contributed by atoms with E-state index in [9.17, 15) is 0 Å². The molecule has 1 aromatic carbocycles. The Morgan fingerprint density at radius 2 is 1.79 bits per heavy atom. The molecule has 1 aliphatic rings. The van der Waals surface area contributed by atoms with Crippen LogP contribution >= 0.6 is 27.5 Å². The first kappa shape index (κ1) is 9.87. The van der Waals surface area contributed by atoms with Crippen LogP contribution in [0.25, 0.3) is 0 Å². The fourth-order valence-electron chi connectivity index (χ4n) is 1.14. The molecule has 0 fully saturated rings. The first-order valence-corrected chi connectivity index (χ1v) is 5.25. The maximum absolute atomic E-state index is 5.93. The van der Waals surface area contributed by atoms with Gasteiger partial charge in [0.05, 0.1) is 5.02 Å². The van der Waals surface area contributed by atoms with Crippen LogP contribution < -0.4 is 9.47 Å². The topological polar surface area (TPSA) is 18.5 Å². The first-order valence-electron chi connectivity index (χ1n) is 4.08. The van der Waals surface area contributed by atoms with Crippen molar-refractivity contribution in [3.8, 4) is 11.5 Å². The lowest BCUT2D eigenvalue weighted by atomic mass is 10.3. The number of rotatable bonds is 0. The summed E-state index contributed by atoms with van der Waals surface area (Å²) in [5.41, 5.74) is 0.911. The molecule has 0 radical (unpaired) electrons. The highest BCUT2D eigenvalue weighted by Gasteiger charge is 2.14. The van der Waals surface area contributed by atoms with Crippen molar-refractivity contribution < 1.29 is 9.47 Å². The van der Waals surface area contributed by atoms with Crippen LogP contribution in [-0.4, -0.2) is 13.2 Å². The van der Waals surface area contributed by atoms with Crippen LogP contribution in [-0.2, 0) is 0 Å². The number of benzene rings is 1. The summed E-state index contributed by atoms with van der Waals surface area (Å²) in [7, 11) is 0. The third kappa shape index (κ3) is 1.88. The molecule has 0 aromatic heterocycles. The molecule has 0 unspecified atom stereocenters. The molecule has 0 amide bonds. The lowest BCUT2D eigenvalue weighted by Crippen LogP contribution is -2.02. The van der Waals surface area contributed by atoms with E-state index < -0.39 is 0 Å². The largest absolute Gasteiger partial charge is 0.485 e. The highest BCUT2D eigenvalue weighted by molar-refractivity contribution is 9.10. The van der Waals surface area contributed by atoms with Gasteiger partial charge in [-0.15, -0.1) is 0 Å². The van der Waals surface area contributed by atoms with Crippen molar-refractivity contribution in [1.82, 2.24) is 0 Å². The minimum atomic E-state index is 0.477. The lowest BCUT2D eigenvalue weighted by molar-refractivity contribution is 0.355. The highest BCUT2D eigenvalue weighted by atomic mass is 79.9. The SMILES string of the molecule is C=C1COc2cc(Cl)c(Br)cc2OC1. The zero-order chi connectivity index (χ0) is 10.1. The number of hydrogen-bond donors (Lipinski definition) is 0. The third-order valence-corrected chi connectivity index (χ3v) is 3.05. The maximum atomic E-state index is 5.93. The summed E-state index contributed by atoms with van der Waals surface area (Å²) in [6.07, 6.45) is 0. The lowest BCUT2D eigenvalue weighted by Gasteiger charge is -2.07. The highest BCUT2D eigenvalue weighted by Crippen LogP contribution is 2.37. The Hall–Kier alpha value is -0.670. The van der Waals surface area contributed by atoms with Crippen molar-refractivity contribution in [2.24, 2.45) is 0 Å². The quantitative estimate of drug-likeness (QED) is 0.675. The molecule has 2 rings (SSSR count). The molecule has 0 saturated heterocycles. The van der Waals surface area contributed by atoms with Gasteiger partial charge in [0.1, 0.15) is 13.2 Å². The van der Waals surface area contributed by atoms with Gasteiger partial charge < -0.3 is 9.47 Å². The fourth-order valence-corrected chi connectivity index (χ4v) is 1.61. The molecule has 74 valence electrons. The van der Waals surface area contributed by atoms with E-state index >= 15 is 0 Å². The van der Waals surface area contributed by atoms with Gasteiger partial charge in [0, 0.05) is 10.5 Å². The predicted molar refractivity (Wildman–Crippen MR) is 59.3 cm³/mol. The zero-order valence-corrected chi connectivity index (χ0v) is 9.69. The Kier molecular flexibility index (Phi) is 2.70. The molecule has 0 aliphatic carbocycles. The molecule has 0 N–H and O–H groups in total. The molecular weight excluding hydrogens is 267 g/mol. The van der Waals surface area contributed by atoms with Gasteiger partial charge in [-0.05, 0) is 27.6 Å². The van der Waals surface area contributed by atoms with Crippen molar-refractivity contribution in [2.75, 3.05) is 13.2 Å². The summed E-state index contributed by atoms with van der Waals surface area (Å²) < 4.78 is 11.8. The molecule has 4 heteroatoms. The van der Waals surface area contributed by atoms with Gasteiger partial charge in [0.15, 0.2) is 11.5 Å². The van der Waals surface area contributed by atoms with E-state index in [4.69, 9.17) is 21.1 Å². The Bertz CT molecular complexity index is 355. The Balaban J connectivity index is 2.41. The van der Waals surface area contributed by atoms with E-state index in [-0.39, 0.29) is 0 Å². The molecule has 0 bridgehead atoms. The molecule has 0 spiro atoms. The van der Waals surface area contributed by atoms with E-state index in [0.29, 0.717) is 29.7 Å². The van der Waals surface area contributed by atoms with Crippen LogP contribution in [0.1, 0.15) is 0 Å². The predicted octanol–water partition coefficient (Wildman–Crippen LogP) is 3.43. The van der Waals surface area contributed by atoms with E-state index in [2.05, 4.69) is 22.5 Å². The average Bonchev–Trinajstić information content (AvgIpc) is 2.31. The van der Waals surface area contributed by atoms with Crippen LogP contribution in [0.5, 0.6) is 11.5 Å². The molecule has 2 nitrogen and oxygen atoms in total. The van der Waals surface area contributed by atoms with Crippen molar-refractivity contribution in [3.05, 3.63) is 33.8 Å². The van der Waals surface area contributed by atoms with E-state index in [1.165, 1.54) is 0 Å². The van der Waals surface area contributed by atoms with E-state index in [1.54, 1.807) is 12.1 Å². The Morgan fingerprint density at radius 3 is 2.43 bits per heavy atom. The van der Waals surface area contributed by atoms with Crippen LogP contribution in [0.4, 0.5) is 0 Å². The summed E-state index contributed by atoms with van der Waals surface area (Å²) in [5, 5.41) is 0.611. The normalized spacial score (nSPS) is 15.1. The Labute approximate surface area is 95.6 Å². The second kappa shape index (κ2) is 3.83. The van der Waals surface area contributed by atoms with E-state index in [1.807, 2.05) is 0 Å². The summed E-state index contributed by atoms with van der Waals surface area (Å²) in [4.78, 5) is 0. The zero-order valence-electron chi connectivity index (χ0n) is 7.35. The van der Waals surface area contributed by atoms with Crippen LogP contribution in [0.2, 0.25) is 5.02 Å².